The zero-order valence-electron chi connectivity index (χ0n) is 10.0. The highest BCUT2D eigenvalue weighted by Crippen LogP contribution is 2.28. The molecule has 1 aliphatic heterocycles. The molecule has 1 aliphatic rings. The Balaban J connectivity index is 1.94. The van der Waals surface area contributed by atoms with E-state index in [2.05, 4.69) is 16.0 Å². The molecule has 1 aromatic carbocycles. The molecule has 0 saturated heterocycles. The molecule has 0 fully saturated rings. The van der Waals surface area contributed by atoms with Gasteiger partial charge in [-0.25, -0.2) is 0 Å². The molecule has 92 valence electrons. The smallest absolute Gasteiger partial charge is 0.124 e. The van der Waals surface area contributed by atoms with Crippen molar-refractivity contribution in [2.24, 2.45) is 0 Å². The first kappa shape index (κ1) is 10.9. The molecular formula is C14H15N3O. The van der Waals surface area contributed by atoms with E-state index in [0.717, 1.165) is 24.5 Å². The van der Waals surface area contributed by atoms with E-state index in [9.17, 15) is 0 Å². The summed E-state index contributed by atoms with van der Waals surface area (Å²) in [4.78, 5) is 6.25. The quantitative estimate of drug-likeness (QED) is 0.830. The maximum atomic E-state index is 5.98. The third kappa shape index (κ3) is 1.97. The van der Waals surface area contributed by atoms with Crippen LogP contribution < -0.4 is 15.4 Å². The number of hydrogen-bond acceptors (Lipinski definition) is 4. The summed E-state index contributed by atoms with van der Waals surface area (Å²) in [5.41, 5.74) is 8.89. The van der Waals surface area contributed by atoms with Crippen molar-refractivity contribution in [1.82, 2.24) is 4.98 Å². The van der Waals surface area contributed by atoms with E-state index in [1.807, 2.05) is 24.3 Å². The molecule has 1 aromatic heterocycles. The first-order chi connectivity index (χ1) is 8.84. The van der Waals surface area contributed by atoms with Crippen molar-refractivity contribution < 1.29 is 4.74 Å². The van der Waals surface area contributed by atoms with Gasteiger partial charge in [0.05, 0.1) is 24.1 Å². The molecule has 0 amide bonds. The van der Waals surface area contributed by atoms with Crippen LogP contribution in [0, 0.1) is 0 Å². The number of pyridine rings is 1. The number of nitrogens with zero attached hydrogens (tertiary/aromatic N) is 2. The van der Waals surface area contributed by atoms with E-state index in [1.54, 1.807) is 12.4 Å². The fourth-order valence-electron chi connectivity index (χ4n) is 2.22. The highest BCUT2D eigenvalue weighted by molar-refractivity contribution is 5.66. The maximum Gasteiger partial charge on any atom is 0.124 e. The highest BCUT2D eigenvalue weighted by atomic mass is 16.5. The second-order valence-electron chi connectivity index (χ2n) is 4.31. The lowest BCUT2D eigenvalue weighted by Gasteiger charge is -2.23. The lowest BCUT2D eigenvalue weighted by Crippen LogP contribution is -2.26. The van der Waals surface area contributed by atoms with Gasteiger partial charge in [0.1, 0.15) is 12.4 Å². The number of aromatic nitrogens is 1. The summed E-state index contributed by atoms with van der Waals surface area (Å²) >= 11 is 0. The van der Waals surface area contributed by atoms with Crippen molar-refractivity contribution in [3.63, 3.8) is 0 Å². The molecule has 2 heterocycles. The highest BCUT2D eigenvalue weighted by Gasteiger charge is 2.16. The van der Waals surface area contributed by atoms with Gasteiger partial charge in [-0.2, -0.15) is 0 Å². The van der Waals surface area contributed by atoms with Gasteiger partial charge in [0.25, 0.3) is 0 Å². The van der Waals surface area contributed by atoms with Gasteiger partial charge >= 0.3 is 0 Å². The molecule has 0 radical (unpaired) electrons. The lowest BCUT2D eigenvalue weighted by molar-refractivity contribution is 0.331. The third-order valence-corrected chi connectivity index (χ3v) is 3.12. The van der Waals surface area contributed by atoms with Crippen LogP contribution in [0.3, 0.4) is 0 Å². The summed E-state index contributed by atoms with van der Waals surface area (Å²) in [5.74, 6) is 0.965. The van der Waals surface area contributed by atoms with E-state index in [0.29, 0.717) is 12.3 Å². The van der Waals surface area contributed by atoms with Gasteiger partial charge in [0.15, 0.2) is 0 Å². The molecule has 0 bridgehead atoms. The number of rotatable bonds is 1. The van der Waals surface area contributed by atoms with Gasteiger partial charge in [-0.3, -0.25) is 4.98 Å². The molecule has 4 heteroatoms. The minimum Gasteiger partial charge on any atom is -0.491 e. The topological polar surface area (TPSA) is 51.4 Å². The van der Waals surface area contributed by atoms with Crippen molar-refractivity contribution in [1.29, 1.82) is 0 Å². The van der Waals surface area contributed by atoms with E-state index >= 15 is 0 Å². The van der Waals surface area contributed by atoms with Gasteiger partial charge in [-0.1, -0.05) is 18.2 Å². The first-order valence-electron chi connectivity index (χ1n) is 6.00. The van der Waals surface area contributed by atoms with E-state index in [-0.39, 0.29) is 0 Å². The average Bonchev–Trinajstić information content (AvgIpc) is 2.61. The standard InChI is InChI=1S/C14H15N3O/c15-12-9-16-6-5-13(12)17-7-8-18-14-4-2-1-3-11(14)10-17/h1-6,9H,7-8,10,15H2. The molecule has 0 atom stereocenters. The van der Waals surface area contributed by atoms with Gasteiger partial charge in [-0.05, 0) is 12.1 Å². The summed E-state index contributed by atoms with van der Waals surface area (Å²) in [6.07, 6.45) is 3.45. The van der Waals surface area contributed by atoms with E-state index in [4.69, 9.17) is 10.5 Å². The summed E-state index contributed by atoms with van der Waals surface area (Å²) in [7, 11) is 0. The summed E-state index contributed by atoms with van der Waals surface area (Å²) in [6.45, 7) is 2.30. The Bertz CT molecular complexity index is 556. The summed E-state index contributed by atoms with van der Waals surface area (Å²) in [5, 5.41) is 0. The predicted molar refractivity (Wildman–Crippen MR) is 71.6 cm³/mol. The molecule has 4 nitrogen and oxygen atoms in total. The molecule has 0 aliphatic carbocycles. The third-order valence-electron chi connectivity index (χ3n) is 3.12. The van der Waals surface area contributed by atoms with Gasteiger partial charge in [0, 0.05) is 18.3 Å². The van der Waals surface area contributed by atoms with Gasteiger partial charge in [-0.15, -0.1) is 0 Å². The predicted octanol–water partition coefficient (Wildman–Crippen LogP) is 2.06. The van der Waals surface area contributed by atoms with Gasteiger partial charge in [0.2, 0.25) is 0 Å². The minimum absolute atomic E-state index is 0.665. The number of benzene rings is 1. The number of hydrogen-bond donors (Lipinski definition) is 1. The largest absolute Gasteiger partial charge is 0.491 e. The molecular weight excluding hydrogens is 226 g/mol. The normalized spacial score (nSPS) is 14.6. The average molecular weight is 241 g/mol. The monoisotopic (exact) mass is 241 g/mol. The zero-order chi connectivity index (χ0) is 12.4. The number of fused-ring (bicyclic) bond motifs is 1. The maximum absolute atomic E-state index is 5.98. The van der Waals surface area contributed by atoms with Crippen LogP contribution in [0.25, 0.3) is 0 Å². The second kappa shape index (κ2) is 4.56. The molecule has 0 spiro atoms. The Morgan fingerprint density at radius 2 is 2.11 bits per heavy atom. The van der Waals surface area contributed by atoms with Crippen molar-refractivity contribution in [3.05, 3.63) is 48.3 Å². The van der Waals surface area contributed by atoms with Crippen molar-refractivity contribution in [3.8, 4) is 5.75 Å². The first-order valence-corrected chi connectivity index (χ1v) is 6.00. The molecule has 0 saturated carbocycles. The van der Waals surface area contributed by atoms with E-state index in [1.165, 1.54) is 5.56 Å². The Morgan fingerprint density at radius 3 is 3.00 bits per heavy atom. The molecule has 0 unspecified atom stereocenters. The second-order valence-corrected chi connectivity index (χ2v) is 4.31. The molecule has 2 N–H and O–H groups in total. The lowest BCUT2D eigenvalue weighted by atomic mass is 10.2. The van der Waals surface area contributed by atoms with Crippen molar-refractivity contribution in [2.45, 2.75) is 6.54 Å². The molecule has 2 aromatic rings. The van der Waals surface area contributed by atoms with Crippen LogP contribution in [0.4, 0.5) is 11.4 Å². The van der Waals surface area contributed by atoms with Gasteiger partial charge < -0.3 is 15.4 Å². The van der Waals surface area contributed by atoms with E-state index < -0.39 is 0 Å². The number of para-hydroxylation sites is 1. The number of anilines is 2. The van der Waals surface area contributed by atoms with Crippen LogP contribution in [-0.4, -0.2) is 18.1 Å². The van der Waals surface area contributed by atoms with Crippen molar-refractivity contribution in [2.75, 3.05) is 23.8 Å². The summed E-state index contributed by atoms with van der Waals surface area (Å²) in [6, 6.07) is 10.1. The van der Waals surface area contributed by atoms with Crippen molar-refractivity contribution >= 4 is 11.4 Å². The number of ether oxygens (including phenoxy) is 1. The SMILES string of the molecule is Nc1cnccc1N1CCOc2ccccc2C1. The fraction of sp³-hybridized carbons (Fsp3) is 0.214. The Morgan fingerprint density at radius 1 is 1.22 bits per heavy atom. The molecule has 18 heavy (non-hydrogen) atoms. The fourth-order valence-corrected chi connectivity index (χ4v) is 2.22. The Labute approximate surface area is 106 Å². The Hall–Kier alpha value is -2.23. The number of nitrogens with two attached hydrogens (primary N) is 1. The van der Waals surface area contributed by atoms with Crippen LogP contribution in [-0.2, 0) is 6.54 Å². The van der Waals surface area contributed by atoms with Crippen LogP contribution in [0.15, 0.2) is 42.7 Å². The van der Waals surface area contributed by atoms with Crippen LogP contribution >= 0.6 is 0 Å². The van der Waals surface area contributed by atoms with Crippen LogP contribution in [0.1, 0.15) is 5.56 Å². The molecule has 3 rings (SSSR count). The minimum atomic E-state index is 0.665. The number of nitrogen functional groups attached to an aromatic ring is 1. The Kier molecular flexibility index (Phi) is 2.76. The van der Waals surface area contributed by atoms with Crippen LogP contribution in [0.5, 0.6) is 5.75 Å². The summed E-state index contributed by atoms with van der Waals surface area (Å²) < 4.78 is 5.74. The van der Waals surface area contributed by atoms with Crippen LogP contribution in [0.2, 0.25) is 0 Å². The zero-order valence-corrected chi connectivity index (χ0v) is 10.0.